The van der Waals surface area contributed by atoms with Gasteiger partial charge in [0.15, 0.2) is 0 Å². The Morgan fingerprint density at radius 1 is 1.09 bits per heavy atom. The Kier molecular flexibility index (Phi) is 5.07. The summed E-state index contributed by atoms with van der Waals surface area (Å²) >= 11 is 6.02. The van der Waals surface area contributed by atoms with Gasteiger partial charge in [-0.25, -0.2) is 0 Å². The van der Waals surface area contributed by atoms with Crippen molar-refractivity contribution in [3.63, 3.8) is 0 Å². The molecule has 0 amide bonds. The molecule has 1 unspecified atom stereocenters. The van der Waals surface area contributed by atoms with Crippen LogP contribution in [0.25, 0.3) is 0 Å². The van der Waals surface area contributed by atoms with Crippen molar-refractivity contribution in [1.82, 2.24) is 0 Å². The number of halogens is 1. The van der Waals surface area contributed by atoms with Crippen molar-refractivity contribution in [2.75, 3.05) is 6.61 Å². The van der Waals surface area contributed by atoms with Crippen LogP contribution in [0.4, 0.5) is 0 Å². The number of fused-ring (bicyclic) bond motifs is 1. The third-order valence-corrected chi connectivity index (χ3v) is 6.61. The second-order valence-electron chi connectivity index (χ2n) is 5.39. The Morgan fingerprint density at radius 2 is 1.82 bits per heavy atom. The minimum absolute atomic E-state index is 0.229. The molecule has 22 heavy (non-hydrogen) atoms. The molecule has 0 fully saturated rings. The zero-order valence-electron chi connectivity index (χ0n) is 12.5. The van der Waals surface area contributed by atoms with Crippen LogP contribution >= 0.6 is 33.2 Å². The first-order valence-corrected chi connectivity index (χ1v) is 9.75. The fraction of sp³-hybridized carbons (Fsp3) is 0.222. The van der Waals surface area contributed by atoms with Crippen LogP contribution in [0.1, 0.15) is 21.9 Å². The van der Waals surface area contributed by atoms with E-state index in [1.807, 2.05) is 10.8 Å². The van der Waals surface area contributed by atoms with Crippen molar-refractivity contribution < 1.29 is 4.74 Å². The Hall–Kier alpha value is -1.03. The summed E-state index contributed by atoms with van der Waals surface area (Å²) in [6.45, 7) is 4.77. The van der Waals surface area contributed by atoms with Gasteiger partial charge in [-0.2, -0.15) is 0 Å². The quantitative estimate of drug-likeness (QED) is 0.602. The first-order valence-electron chi connectivity index (χ1n) is 7.10. The van der Waals surface area contributed by atoms with Crippen molar-refractivity contribution >= 4 is 33.2 Å². The SMILES string of the molecule is Cc1ccc(SSC2/C(=C\Cl)COc3ccc(C)cc32)cc1. The van der Waals surface area contributed by atoms with Gasteiger partial charge in [0.25, 0.3) is 0 Å². The van der Waals surface area contributed by atoms with Gasteiger partial charge >= 0.3 is 0 Å². The molecule has 2 aromatic carbocycles. The number of aryl methyl sites for hydroxylation is 2. The monoisotopic (exact) mass is 348 g/mol. The molecule has 0 spiro atoms. The summed E-state index contributed by atoms with van der Waals surface area (Å²) in [6.07, 6.45) is 0. The van der Waals surface area contributed by atoms with Gasteiger partial charge in [-0.1, -0.05) is 68.6 Å². The maximum absolute atomic E-state index is 6.02. The third kappa shape index (κ3) is 3.48. The number of benzene rings is 2. The lowest BCUT2D eigenvalue weighted by molar-refractivity contribution is 0.331. The highest BCUT2D eigenvalue weighted by Crippen LogP contribution is 2.51. The van der Waals surface area contributed by atoms with E-state index in [2.05, 4.69) is 56.3 Å². The summed E-state index contributed by atoms with van der Waals surface area (Å²) in [7, 11) is 3.61. The van der Waals surface area contributed by atoms with E-state index in [9.17, 15) is 0 Å². The molecule has 0 aromatic heterocycles. The first-order chi connectivity index (χ1) is 10.7. The average Bonchev–Trinajstić information content (AvgIpc) is 2.54. The molecule has 2 aromatic rings. The third-order valence-electron chi connectivity index (χ3n) is 3.58. The predicted octanol–water partition coefficient (Wildman–Crippen LogP) is 6.30. The van der Waals surface area contributed by atoms with Crippen LogP contribution in [-0.4, -0.2) is 6.61 Å². The van der Waals surface area contributed by atoms with E-state index in [4.69, 9.17) is 16.3 Å². The van der Waals surface area contributed by atoms with Gasteiger partial charge in [0.1, 0.15) is 12.4 Å². The molecular weight excluding hydrogens is 332 g/mol. The number of hydrogen-bond acceptors (Lipinski definition) is 3. The van der Waals surface area contributed by atoms with Crippen molar-refractivity contribution in [1.29, 1.82) is 0 Å². The lowest BCUT2D eigenvalue weighted by atomic mass is 10.0. The lowest BCUT2D eigenvalue weighted by Crippen LogP contribution is -2.15. The molecule has 4 heteroatoms. The fourth-order valence-corrected chi connectivity index (χ4v) is 5.24. The zero-order chi connectivity index (χ0) is 15.5. The smallest absolute Gasteiger partial charge is 0.124 e. The molecule has 0 N–H and O–H groups in total. The Morgan fingerprint density at radius 3 is 2.55 bits per heavy atom. The molecule has 0 saturated carbocycles. The molecular formula is C18H17ClOS2. The Labute approximate surface area is 144 Å². The summed E-state index contributed by atoms with van der Waals surface area (Å²) in [5.41, 5.74) is 6.51. The van der Waals surface area contributed by atoms with Crippen LogP contribution < -0.4 is 4.74 Å². The highest BCUT2D eigenvalue weighted by molar-refractivity contribution is 8.76. The minimum atomic E-state index is 0.229. The largest absolute Gasteiger partial charge is 0.489 e. The van der Waals surface area contributed by atoms with Crippen LogP contribution in [-0.2, 0) is 0 Å². The summed E-state index contributed by atoms with van der Waals surface area (Å²) in [5, 5.41) is 0.229. The number of ether oxygens (including phenoxy) is 1. The van der Waals surface area contributed by atoms with Gasteiger partial charge < -0.3 is 4.74 Å². The summed E-state index contributed by atoms with van der Waals surface area (Å²) < 4.78 is 5.80. The van der Waals surface area contributed by atoms with Crippen LogP contribution in [0.15, 0.2) is 58.5 Å². The van der Waals surface area contributed by atoms with Gasteiger partial charge in [-0.3, -0.25) is 0 Å². The molecule has 0 saturated heterocycles. The van der Waals surface area contributed by atoms with E-state index in [0.29, 0.717) is 6.61 Å². The normalized spacial score (nSPS) is 18.9. The molecule has 0 bridgehead atoms. The van der Waals surface area contributed by atoms with E-state index in [0.717, 1.165) is 11.3 Å². The molecule has 1 nitrogen and oxygen atoms in total. The van der Waals surface area contributed by atoms with Gasteiger partial charge in [0.05, 0.1) is 5.25 Å². The minimum Gasteiger partial charge on any atom is -0.489 e. The first kappa shape index (κ1) is 15.9. The van der Waals surface area contributed by atoms with Crippen molar-refractivity contribution in [3.8, 4) is 5.75 Å². The average molecular weight is 349 g/mol. The molecule has 3 rings (SSSR count). The summed E-state index contributed by atoms with van der Waals surface area (Å²) in [6, 6.07) is 14.9. The van der Waals surface area contributed by atoms with E-state index in [1.165, 1.54) is 21.6 Å². The second-order valence-corrected chi connectivity index (χ2v) is 7.98. The Balaban J connectivity index is 1.84. The topological polar surface area (TPSA) is 9.23 Å². The van der Waals surface area contributed by atoms with Crippen molar-refractivity contribution in [3.05, 3.63) is 70.3 Å². The second kappa shape index (κ2) is 7.03. The predicted molar refractivity (Wildman–Crippen MR) is 98.0 cm³/mol. The maximum atomic E-state index is 6.02. The van der Waals surface area contributed by atoms with E-state index in [-0.39, 0.29) is 5.25 Å². The highest BCUT2D eigenvalue weighted by Gasteiger charge is 2.26. The lowest BCUT2D eigenvalue weighted by Gasteiger charge is -2.27. The molecule has 1 heterocycles. The van der Waals surface area contributed by atoms with E-state index in [1.54, 1.807) is 16.3 Å². The molecule has 1 atom stereocenters. The molecule has 1 aliphatic rings. The molecule has 114 valence electrons. The standard InChI is InChI=1S/C18H17ClOS2/c1-12-3-6-15(7-4-12)21-22-18-14(10-19)11-20-17-8-5-13(2)9-16(17)18/h3-10,18H,11H2,1-2H3/b14-10-. The van der Waals surface area contributed by atoms with Gasteiger partial charge in [-0.05, 0) is 37.6 Å². The Bertz CT molecular complexity index is 695. The molecule has 1 aliphatic heterocycles. The van der Waals surface area contributed by atoms with E-state index < -0.39 is 0 Å². The van der Waals surface area contributed by atoms with Gasteiger partial charge in [-0.15, -0.1) is 0 Å². The van der Waals surface area contributed by atoms with Crippen LogP contribution in [0.2, 0.25) is 0 Å². The van der Waals surface area contributed by atoms with Crippen LogP contribution in [0.3, 0.4) is 0 Å². The molecule has 0 radical (unpaired) electrons. The van der Waals surface area contributed by atoms with Crippen LogP contribution in [0, 0.1) is 13.8 Å². The van der Waals surface area contributed by atoms with Crippen molar-refractivity contribution in [2.24, 2.45) is 0 Å². The van der Waals surface area contributed by atoms with E-state index >= 15 is 0 Å². The zero-order valence-corrected chi connectivity index (χ0v) is 14.9. The van der Waals surface area contributed by atoms with Gasteiger partial charge in [0, 0.05) is 16.0 Å². The summed E-state index contributed by atoms with van der Waals surface area (Å²) in [5.74, 6) is 0.967. The highest BCUT2D eigenvalue weighted by atomic mass is 35.5. The van der Waals surface area contributed by atoms with Crippen LogP contribution in [0.5, 0.6) is 5.75 Å². The van der Waals surface area contributed by atoms with Crippen molar-refractivity contribution in [2.45, 2.75) is 24.0 Å². The fourth-order valence-electron chi connectivity index (χ4n) is 2.34. The molecule has 0 aliphatic carbocycles. The maximum Gasteiger partial charge on any atom is 0.124 e. The number of rotatable bonds is 3. The van der Waals surface area contributed by atoms with Gasteiger partial charge in [0.2, 0.25) is 0 Å². The summed E-state index contributed by atoms with van der Waals surface area (Å²) in [4.78, 5) is 1.25. The number of hydrogen-bond donors (Lipinski definition) is 0.